The monoisotopic (exact) mass is 215 g/mol. The number of hydrogen-bond donors (Lipinski definition) is 1. The normalized spacial score (nSPS) is 28.9. The first-order chi connectivity index (χ1) is 6.86. The lowest BCUT2D eigenvalue weighted by molar-refractivity contribution is -0.153. The van der Waals surface area contributed by atoms with Crippen LogP contribution in [0.1, 0.15) is 27.2 Å². The minimum atomic E-state index is -0.559. The van der Waals surface area contributed by atoms with Gasteiger partial charge in [0.25, 0.3) is 0 Å². The van der Waals surface area contributed by atoms with Crippen molar-refractivity contribution in [2.24, 2.45) is 5.92 Å². The Labute approximate surface area is 91.2 Å². The highest BCUT2D eigenvalue weighted by Crippen LogP contribution is 2.24. The van der Waals surface area contributed by atoms with Crippen molar-refractivity contribution in [2.45, 2.75) is 38.8 Å². The van der Waals surface area contributed by atoms with Gasteiger partial charge < -0.3 is 9.84 Å². The number of carbonyl (C=O) groups is 1. The molecule has 0 bridgehead atoms. The van der Waals surface area contributed by atoms with Gasteiger partial charge in [0.05, 0.1) is 19.1 Å². The molecule has 0 unspecified atom stereocenters. The van der Waals surface area contributed by atoms with E-state index in [-0.39, 0.29) is 11.5 Å². The van der Waals surface area contributed by atoms with Crippen LogP contribution in [0, 0.1) is 5.92 Å². The van der Waals surface area contributed by atoms with Crippen molar-refractivity contribution in [3.05, 3.63) is 0 Å². The molecule has 4 heteroatoms. The highest BCUT2D eigenvalue weighted by Gasteiger charge is 2.37. The number of likely N-dealkylation sites (tertiary alicyclic amines) is 1. The third kappa shape index (κ3) is 2.92. The molecule has 0 aromatic heterocycles. The Bertz CT molecular complexity index is 234. The van der Waals surface area contributed by atoms with Gasteiger partial charge in [-0.1, -0.05) is 0 Å². The molecule has 0 aromatic carbocycles. The molecule has 1 aliphatic rings. The van der Waals surface area contributed by atoms with Gasteiger partial charge in [-0.05, 0) is 27.2 Å². The van der Waals surface area contributed by atoms with Crippen LogP contribution in [0.4, 0.5) is 0 Å². The summed E-state index contributed by atoms with van der Waals surface area (Å²) in [6.07, 6.45) is 0.0767. The Morgan fingerprint density at radius 3 is 2.53 bits per heavy atom. The molecule has 1 rings (SSSR count). The number of esters is 1. The molecule has 1 fully saturated rings. The lowest BCUT2D eigenvalue weighted by Gasteiger charge is -2.42. The lowest BCUT2D eigenvalue weighted by Crippen LogP contribution is -2.53. The number of carbonyl (C=O) groups excluding carboxylic acids is 1. The Kier molecular flexibility index (Phi) is 3.73. The zero-order chi connectivity index (χ0) is 11.6. The molecule has 0 amide bonds. The van der Waals surface area contributed by atoms with Gasteiger partial charge in [0.15, 0.2) is 0 Å². The maximum atomic E-state index is 11.4. The standard InChI is InChI=1S/C11H21NO3/c1-11(2,3)12-6-5-9(13)8(7-12)10(14)15-4/h8-9,13H,5-7H2,1-4H3/t8-,9-/m0/s1. The molecule has 1 saturated heterocycles. The highest BCUT2D eigenvalue weighted by molar-refractivity contribution is 5.73. The number of piperidine rings is 1. The Morgan fingerprint density at radius 1 is 1.47 bits per heavy atom. The van der Waals surface area contributed by atoms with Crippen molar-refractivity contribution in [1.82, 2.24) is 4.90 Å². The summed E-state index contributed by atoms with van der Waals surface area (Å²) in [4.78, 5) is 13.7. The molecule has 0 aromatic rings. The van der Waals surface area contributed by atoms with Crippen LogP contribution in [0.2, 0.25) is 0 Å². The minimum Gasteiger partial charge on any atom is -0.469 e. The number of rotatable bonds is 1. The van der Waals surface area contributed by atoms with Crippen LogP contribution in [0.3, 0.4) is 0 Å². The summed E-state index contributed by atoms with van der Waals surface area (Å²) in [5.41, 5.74) is 0.0341. The largest absolute Gasteiger partial charge is 0.469 e. The fourth-order valence-electron chi connectivity index (χ4n) is 1.93. The van der Waals surface area contributed by atoms with Crippen LogP contribution in [-0.4, -0.2) is 47.8 Å². The molecule has 0 radical (unpaired) electrons. The van der Waals surface area contributed by atoms with E-state index in [0.717, 1.165) is 6.54 Å². The summed E-state index contributed by atoms with van der Waals surface area (Å²) < 4.78 is 4.70. The first kappa shape index (κ1) is 12.5. The fraction of sp³-hybridized carbons (Fsp3) is 0.909. The zero-order valence-electron chi connectivity index (χ0n) is 9.99. The van der Waals surface area contributed by atoms with Crippen LogP contribution >= 0.6 is 0 Å². The quantitative estimate of drug-likeness (QED) is 0.652. The van der Waals surface area contributed by atoms with E-state index >= 15 is 0 Å². The summed E-state index contributed by atoms with van der Waals surface area (Å²) in [7, 11) is 1.37. The van der Waals surface area contributed by atoms with Gasteiger partial charge in [0.2, 0.25) is 0 Å². The number of hydrogen-bond acceptors (Lipinski definition) is 4. The molecular formula is C11H21NO3. The van der Waals surface area contributed by atoms with Crippen molar-refractivity contribution in [1.29, 1.82) is 0 Å². The second-order valence-corrected chi connectivity index (χ2v) is 5.10. The predicted molar refractivity (Wildman–Crippen MR) is 57.5 cm³/mol. The lowest BCUT2D eigenvalue weighted by atomic mass is 9.91. The van der Waals surface area contributed by atoms with Crippen molar-refractivity contribution >= 4 is 5.97 Å². The number of methoxy groups -OCH3 is 1. The third-order valence-corrected chi connectivity index (χ3v) is 3.03. The molecule has 1 N–H and O–H groups in total. The zero-order valence-corrected chi connectivity index (χ0v) is 9.99. The Morgan fingerprint density at radius 2 is 2.07 bits per heavy atom. The van der Waals surface area contributed by atoms with Crippen LogP contribution in [-0.2, 0) is 9.53 Å². The van der Waals surface area contributed by atoms with E-state index in [1.807, 2.05) is 0 Å². The van der Waals surface area contributed by atoms with Gasteiger partial charge in [-0.2, -0.15) is 0 Å². The van der Waals surface area contributed by atoms with E-state index in [9.17, 15) is 9.90 Å². The maximum absolute atomic E-state index is 11.4. The second-order valence-electron chi connectivity index (χ2n) is 5.10. The van der Waals surface area contributed by atoms with Crippen molar-refractivity contribution < 1.29 is 14.6 Å². The van der Waals surface area contributed by atoms with Crippen LogP contribution in [0.5, 0.6) is 0 Å². The highest BCUT2D eigenvalue weighted by atomic mass is 16.5. The van der Waals surface area contributed by atoms with E-state index in [4.69, 9.17) is 4.74 Å². The van der Waals surface area contributed by atoms with E-state index in [1.54, 1.807) is 0 Å². The van der Waals surface area contributed by atoms with E-state index < -0.39 is 12.0 Å². The third-order valence-electron chi connectivity index (χ3n) is 3.03. The molecule has 1 aliphatic heterocycles. The molecule has 88 valence electrons. The molecule has 0 spiro atoms. The van der Waals surface area contributed by atoms with Gasteiger partial charge >= 0.3 is 5.97 Å². The molecule has 15 heavy (non-hydrogen) atoms. The summed E-state index contributed by atoms with van der Waals surface area (Å²) in [6, 6.07) is 0. The number of ether oxygens (including phenoxy) is 1. The van der Waals surface area contributed by atoms with E-state index in [1.165, 1.54) is 7.11 Å². The average Bonchev–Trinajstić information content (AvgIpc) is 2.15. The molecule has 2 atom stereocenters. The Hall–Kier alpha value is -0.610. The summed E-state index contributed by atoms with van der Waals surface area (Å²) in [5.74, 6) is -0.709. The van der Waals surface area contributed by atoms with Gasteiger partial charge in [0.1, 0.15) is 0 Å². The SMILES string of the molecule is COC(=O)[C@H]1CN(C(C)(C)C)CC[C@@H]1O. The first-order valence-electron chi connectivity index (χ1n) is 5.37. The predicted octanol–water partition coefficient (Wildman–Crippen LogP) is 0.641. The molecule has 4 nitrogen and oxygen atoms in total. The summed E-state index contributed by atoms with van der Waals surface area (Å²) in [5, 5.41) is 9.73. The molecular weight excluding hydrogens is 194 g/mol. The van der Waals surface area contributed by atoms with Gasteiger partial charge in [-0.15, -0.1) is 0 Å². The van der Waals surface area contributed by atoms with Crippen molar-refractivity contribution in [3.63, 3.8) is 0 Å². The summed E-state index contributed by atoms with van der Waals surface area (Å²) >= 11 is 0. The van der Waals surface area contributed by atoms with Crippen molar-refractivity contribution in [3.8, 4) is 0 Å². The van der Waals surface area contributed by atoms with Crippen LogP contribution in [0.25, 0.3) is 0 Å². The van der Waals surface area contributed by atoms with Crippen LogP contribution in [0.15, 0.2) is 0 Å². The number of aliphatic hydroxyl groups excluding tert-OH is 1. The molecule has 0 saturated carbocycles. The molecule has 0 aliphatic carbocycles. The van der Waals surface area contributed by atoms with Gasteiger partial charge in [-0.3, -0.25) is 9.69 Å². The van der Waals surface area contributed by atoms with E-state index in [2.05, 4.69) is 25.7 Å². The molecule has 1 heterocycles. The number of nitrogens with zero attached hydrogens (tertiary/aromatic N) is 1. The summed E-state index contributed by atoms with van der Waals surface area (Å²) in [6.45, 7) is 7.74. The van der Waals surface area contributed by atoms with E-state index in [0.29, 0.717) is 13.0 Å². The Balaban J connectivity index is 2.68. The van der Waals surface area contributed by atoms with Crippen LogP contribution < -0.4 is 0 Å². The van der Waals surface area contributed by atoms with Crippen molar-refractivity contribution in [2.75, 3.05) is 20.2 Å². The smallest absolute Gasteiger partial charge is 0.312 e. The first-order valence-corrected chi connectivity index (χ1v) is 5.37. The number of aliphatic hydroxyl groups is 1. The van der Waals surface area contributed by atoms with Gasteiger partial charge in [-0.25, -0.2) is 0 Å². The topological polar surface area (TPSA) is 49.8 Å². The fourth-order valence-corrected chi connectivity index (χ4v) is 1.93. The van der Waals surface area contributed by atoms with Gasteiger partial charge in [0, 0.05) is 18.6 Å². The average molecular weight is 215 g/mol. The minimum absolute atomic E-state index is 0.0341. The second kappa shape index (κ2) is 4.49. The maximum Gasteiger partial charge on any atom is 0.312 e.